The Labute approximate surface area is 125 Å². The van der Waals surface area contributed by atoms with Crippen LogP contribution >= 0.6 is 0 Å². The highest BCUT2D eigenvalue weighted by molar-refractivity contribution is 5.80. The Morgan fingerprint density at radius 1 is 1.48 bits per heavy atom. The Bertz CT molecular complexity index is 499. The van der Waals surface area contributed by atoms with Gasteiger partial charge in [0.25, 0.3) is 5.91 Å². The predicted molar refractivity (Wildman–Crippen MR) is 79.2 cm³/mol. The first kappa shape index (κ1) is 15.8. The number of aliphatic hydroxyl groups excluding tert-OH is 1. The topological polar surface area (TPSA) is 59.0 Å². The van der Waals surface area contributed by atoms with Crippen LogP contribution in [0.2, 0.25) is 0 Å². The maximum atomic E-state index is 12.1. The van der Waals surface area contributed by atoms with E-state index in [0.29, 0.717) is 25.5 Å². The molecule has 1 unspecified atom stereocenters. The van der Waals surface area contributed by atoms with Gasteiger partial charge in [0, 0.05) is 19.0 Å². The third-order valence-electron chi connectivity index (χ3n) is 3.67. The van der Waals surface area contributed by atoms with E-state index in [1.165, 1.54) is 0 Å². The van der Waals surface area contributed by atoms with E-state index in [-0.39, 0.29) is 17.9 Å². The van der Waals surface area contributed by atoms with E-state index in [1.807, 2.05) is 31.2 Å². The van der Waals surface area contributed by atoms with Gasteiger partial charge >= 0.3 is 0 Å². The lowest BCUT2D eigenvalue weighted by molar-refractivity contribution is -0.150. The number of benzene rings is 1. The van der Waals surface area contributed by atoms with Crippen molar-refractivity contribution in [3.63, 3.8) is 0 Å². The van der Waals surface area contributed by atoms with E-state index in [4.69, 9.17) is 9.47 Å². The second kappa shape index (κ2) is 6.45. The van der Waals surface area contributed by atoms with Crippen LogP contribution in [0.3, 0.4) is 0 Å². The number of rotatable bonds is 6. The molecule has 1 heterocycles. The summed E-state index contributed by atoms with van der Waals surface area (Å²) in [6.45, 7) is 5.83. The Morgan fingerprint density at radius 3 is 2.71 bits per heavy atom. The van der Waals surface area contributed by atoms with Gasteiger partial charge in [-0.25, -0.2) is 0 Å². The smallest absolute Gasteiger partial charge is 0.254 e. The molecule has 1 amide bonds. The lowest BCUT2D eigenvalue weighted by Crippen LogP contribution is -2.51. The van der Waals surface area contributed by atoms with Crippen molar-refractivity contribution in [2.45, 2.75) is 20.0 Å². The third-order valence-corrected chi connectivity index (χ3v) is 3.67. The molecule has 1 aromatic rings. The zero-order valence-corrected chi connectivity index (χ0v) is 12.8. The van der Waals surface area contributed by atoms with Gasteiger partial charge in [0.15, 0.2) is 6.10 Å². The Balaban J connectivity index is 1.83. The standard InChI is InChI=1S/C16H23NO4/c1-12-6-4-5-7-14(12)21-8-13(18)15(19)17(3)9-16(2)10-20-11-16/h4-7,13,18H,8-11H2,1-3H3. The first-order chi connectivity index (χ1) is 9.91. The van der Waals surface area contributed by atoms with Crippen molar-refractivity contribution in [1.82, 2.24) is 4.90 Å². The van der Waals surface area contributed by atoms with Crippen LogP contribution in [0, 0.1) is 12.3 Å². The summed E-state index contributed by atoms with van der Waals surface area (Å²) in [6, 6.07) is 7.52. The molecule has 0 aliphatic carbocycles. The molecule has 0 saturated carbocycles. The molecule has 1 fully saturated rings. The van der Waals surface area contributed by atoms with Crippen LogP contribution in [-0.4, -0.2) is 55.4 Å². The van der Waals surface area contributed by atoms with Gasteiger partial charge < -0.3 is 19.5 Å². The molecule has 1 saturated heterocycles. The van der Waals surface area contributed by atoms with Gasteiger partial charge in [0.2, 0.25) is 0 Å². The summed E-state index contributed by atoms with van der Waals surface area (Å²) in [6.07, 6.45) is -1.15. The first-order valence-corrected chi connectivity index (χ1v) is 7.10. The average molecular weight is 293 g/mol. The molecule has 2 rings (SSSR count). The molecule has 5 nitrogen and oxygen atoms in total. The average Bonchev–Trinajstić information content (AvgIpc) is 2.43. The van der Waals surface area contributed by atoms with E-state index in [0.717, 1.165) is 5.56 Å². The van der Waals surface area contributed by atoms with Crippen molar-refractivity contribution >= 4 is 5.91 Å². The lowest BCUT2D eigenvalue weighted by atomic mass is 9.88. The van der Waals surface area contributed by atoms with Crippen LogP contribution in [0.4, 0.5) is 0 Å². The van der Waals surface area contributed by atoms with Crippen LogP contribution in [0.1, 0.15) is 12.5 Å². The van der Waals surface area contributed by atoms with Gasteiger partial charge in [-0.15, -0.1) is 0 Å². The van der Waals surface area contributed by atoms with E-state index in [2.05, 4.69) is 6.92 Å². The first-order valence-electron chi connectivity index (χ1n) is 7.10. The van der Waals surface area contributed by atoms with Crippen LogP contribution in [0.5, 0.6) is 5.75 Å². The molecule has 1 aromatic carbocycles. The molecule has 0 aromatic heterocycles. The minimum atomic E-state index is -1.15. The number of para-hydroxylation sites is 1. The molecule has 5 heteroatoms. The molecule has 1 N–H and O–H groups in total. The van der Waals surface area contributed by atoms with Crippen LogP contribution in [0.15, 0.2) is 24.3 Å². The maximum Gasteiger partial charge on any atom is 0.254 e. The van der Waals surface area contributed by atoms with E-state index in [1.54, 1.807) is 11.9 Å². The molecule has 0 spiro atoms. The molecule has 21 heavy (non-hydrogen) atoms. The molecule has 0 bridgehead atoms. The highest BCUT2D eigenvalue weighted by Crippen LogP contribution is 2.27. The number of ether oxygens (including phenoxy) is 2. The number of carbonyl (C=O) groups excluding carboxylic acids is 1. The fourth-order valence-corrected chi connectivity index (χ4v) is 2.41. The zero-order valence-electron chi connectivity index (χ0n) is 12.8. The summed E-state index contributed by atoms with van der Waals surface area (Å²) in [5.74, 6) is 0.364. The minimum absolute atomic E-state index is 0.000997. The van der Waals surface area contributed by atoms with E-state index < -0.39 is 6.10 Å². The number of nitrogens with zero attached hydrogens (tertiary/aromatic N) is 1. The second-order valence-electron chi connectivity index (χ2n) is 6.09. The Morgan fingerprint density at radius 2 is 2.14 bits per heavy atom. The molecule has 116 valence electrons. The van der Waals surface area contributed by atoms with Crippen molar-refractivity contribution in [2.24, 2.45) is 5.41 Å². The van der Waals surface area contributed by atoms with Gasteiger partial charge in [0.1, 0.15) is 12.4 Å². The molecule has 1 aliphatic rings. The molecular weight excluding hydrogens is 270 g/mol. The number of carbonyl (C=O) groups is 1. The largest absolute Gasteiger partial charge is 0.490 e. The van der Waals surface area contributed by atoms with Crippen molar-refractivity contribution in [1.29, 1.82) is 0 Å². The van der Waals surface area contributed by atoms with Gasteiger partial charge in [-0.3, -0.25) is 4.79 Å². The number of hydrogen-bond donors (Lipinski definition) is 1. The molecular formula is C16H23NO4. The second-order valence-corrected chi connectivity index (χ2v) is 6.09. The van der Waals surface area contributed by atoms with Crippen molar-refractivity contribution in [3.8, 4) is 5.75 Å². The number of aliphatic hydroxyl groups is 1. The highest BCUT2D eigenvalue weighted by Gasteiger charge is 2.36. The number of likely N-dealkylation sites (N-methyl/N-ethyl adjacent to an activating group) is 1. The highest BCUT2D eigenvalue weighted by atomic mass is 16.5. The summed E-state index contributed by atoms with van der Waals surface area (Å²) in [5.41, 5.74) is 0.978. The van der Waals surface area contributed by atoms with Crippen LogP contribution in [0.25, 0.3) is 0 Å². The molecule has 0 radical (unpaired) electrons. The third kappa shape index (κ3) is 3.95. The predicted octanol–water partition coefficient (Wildman–Crippen LogP) is 1.23. The summed E-state index contributed by atoms with van der Waals surface area (Å²) >= 11 is 0. The monoisotopic (exact) mass is 293 g/mol. The van der Waals surface area contributed by atoms with Gasteiger partial charge in [-0.05, 0) is 18.6 Å². The Hall–Kier alpha value is -1.59. The van der Waals surface area contributed by atoms with Crippen LogP contribution < -0.4 is 4.74 Å². The van der Waals surface area contributed by atoms with Crippen LogP contribution in [-0.2, 0) is 9.53 Å². The normalized spacial score (nSPS) is 17.7. The molecule has 1 aliphatic heterocycles. The summed E-state index contributed by atoms with van der Waals surface area (Å²) in [5, 5.41) is 9.98. The SMILES string of the molecule is Cc1ccccc1OCC(O)C(=O)N(C)CC1(C)COC1. The van der Waals surface area contributed by atoms with Crippen molar-refractivity contribution < 1.29 is 19.4 Å². The van der Waals surface area contributed by atoms with Crippen molar-refractivity contribution in [3.05, 3.63) is 29.8 Å². The van der Waals surface area contributed by atoms with E-state index in [9.17, 15) is 9.90 Å². The summed E-state index contributed by atoms with van der Waals surface area (Å²) in [4.78, 5) is 13.7. The van der Waals surface area contributed by atoms with Gasteiger partial charge in [-0.1, -0.05) is 25.1 Å². The number of hydrogen-bond acceptors (Lipinski definition) is 4. The summed E-state index contributed by atoms with van der Waals surface area (Å²) < 4.78 is 10.7. The van der Waals surface area contributed by atoms with Crippen molar-refractivity contribution in [2.75, 3.05) is 33.4 Å². The summed E-state index contributed by atoms with van der Waals surface area (Å²) in [7, 11) is 1.70. The molecule has 1 atom stereocenters. The maximum absolute atomic E-state index is 12.1. The number of amides is 1. The lowest BCUT2D eigenvalue weighted by Gasteiger charge is -2.41. The Kier molecular flexibility index (Phi) is 4.85. The van der Waals surface area contributed by atoms with Gasteiger partial charge in [-0.2, -0.15) is 0 Å². The number of aryl methyl sites for hydroxylation is 1. The fraction of sp³-hybridized carbons (Fsp3) is 0.562. The zero-order chi connectivity index (χ0) is 15.5. The quantitative estimate of drug-likeness (QED) is 0.857. The fourth-order valence-electron chi connectivity index (χ4n) is 2.41. The van der Waals surface area contributed by atoms with Gasteiger partial charge in [0.05, 0.1) is 13.2 Å². The van der Waals surface area contributed by atoms with E-state index >= 15 is 0 Å². The minimum Gasteiger partial charge on any atom is -0.490 e.